The maximum atomic E-state index is 12.9. The summed E-state index contributed by atoms with van der Waals surface area (Å²) < 4.78 is 38.7. The lowest BCUT2D eigenvalue weighted by atomic mass is 10.1. The Hall–Kier alpha value is -1.97. The van der Waals surface area contributed by atoms with Crippen molar-refractivity contribution in [3.63, 3.8) is 0 Å². The van der Waals surface area contributed by atoms with E-state index in [1.165, 1.54) is 17.8 Å². The van der Waals surface area contributed by atoms with Gasteiger partial charge >= 0.3 is 6.18 Å². The molecule has 1 atom stereocenters. The van der Waals surface area contributed by atoms with Crippen LogP contribution in [0.25, 0.3) is 0 Å². The van der Waals surface area contributed by atoms with Gasteiger partial charge in [0.05, 0.1) is 11.1 Å². The largest absolute Gasteiger partial charge is 0.416 e. The molecule has 2 aromatic rings. The molecule has 0 spiro atoms. The van der Waals surface area contributed by atoms with Gasteiger partial charge < -0.3 is 5.73 Å². The Morgan fingerprint density at radius 1 is 1.13 bits per heavy atom. The van der Waals surface area contributed by atoms with Gasteiger partial charge in [0.15, 0.2) is 0 Å². The Kier molecular flexibility index (Phi) is 5.69. The molecular formula is C17H15F3N2S. The quantitative estimate of drug-likeness (QED) is 0.801. The smallest absolute Gasteiger partial charge is 0.330 e. The first-order valence-electron chi connectivity index (χ1n) is 6.98. The Morgan fingerprint density at radius 3 is 2.39 bits per heavy atom. The lowest BCUT2D eigenvalue weighted by Crippen LogP contribution is -2.07. The van der Waals surface area contributed by atoms with Gasteiger partial charge in [0.1, 0.15) is 6.07 Å². The zero-order valence-electron chi connectivity index (χ0n) is 12.2. The summed E-state index contributed by atoms with van der Waals surface area (Å²) in [6.45, 7) is 0.410. The zero-order chi connectivity index (χ0) is 16.9. The van der Waals surface area contributed by atoms with Crippen LogP contribution in [-0.4, -0.2) is 6.54 Å². The summed E-state index contributed by atoms with van der Waals surface area (Å²) in [5, 5.41) is 9.06. The molecule has 0 aliphatic carbocycles. The molecule has 0 unspecified atom stereocenters. The lowest BCUT2D eigenvalue weighted by molar-refractivity contribution is -0.137. The van der Waals surface area contributed by atoms with Crippen LogP contribution in [0.5, 0.6) is 0 Å². The molecule has 0 bridgehead atoms. The van der Waals surface area contributed by atoms with E-state index in [1.54, 1.807) is 0 Å². The van der Waals surface area contributed by atoms with Crippen molar-refractivity contribution in [1.29, 1.82) is 5.26 Å². The number of nitrogens with two attached hydrogens (primary N) is 1. The van der Waals surface area contributed by atoms with E-state index >= 15 is 0 Å². The van der Waals surface area contributed by atoms with E-state index in [1.807, 2.05) is 36.4 Å². The molecule has 2 aromatic carbocycles. The fourth-order valence-corrected chi connectivity index (χ4v) is 3.44. The molecule has 6 heteroatoms. The number of alkyl halides is 3. The third-order valence-electron chi connectivity index (χ3n) is 3.30. The van der Waals surface area contributed by atoms with E-state index in [0.29, 0.717) is 17.9 Å². The van der Waals surface area contributed by atoms with E-state index in [-0.39, 0.29) is 10.8 Å². The monoisotopic (exact) mass is 336 g/mol. The minimum Gasteiger partial charge on any atom is -0.330 e. The minimum atomic E-state index is -4.43. The molecule has 2 rings (SSSR count). The first-order valence-corrected chi connectivity index (χ1v) is 7.86. The molecule has 0 aromatic heterocycles. The summed E-state index contributed by atoms with van der Waals surface area (Å²) in [5.41, 5.74) is 6.09. The summed E-state index contributed by atoms with van der Waals surface area (Å²) in [4.78, 5) is 0.324. The van der Waals surface area contributed by atoms with Gasteiger partial charge in [-0.1, -0.05) is 30.3 Å². The SMILES string of the molecule is N#Cc1ccc(C(F)(F)F)cc1S[C@H](CCN)c1ccccc1. The fourth-order valence-electron chi connectivity index (χ4n) is 2.15. The van der Waals surface area contributed by atoms with Crippen molar-refractivity contribution in [3.8, 4) is 6.07 Å². The van der Waals surface area contributed by atoms with Crippen LogP contribution in [0, 0.1) is 11.3 Å². The maximum Gasteiger partial charge on any atom is 0.416 e. The van der Waals surface area contributed by atoms with Gasteiger partial charge in [0.2, 0.25) is 0 Å². The molecule has 0 heterocycles. The third-order valence-corrected chi connectivity index (χ3v) is 4.68. The van der Waals surface area contributed by atoms with Crippen molar-refractivity contribution in [3.05, 3.63) is 65.2 Å². The second kappa shape index (κ2) is 7.53. The third kappa shape index (κ3) is 4.50. The van der Waals surface area contributed by atoms with Gasteiger partial charge in [0, 0.05) is 10.1 Å². The predicted molar refractivity (Wildman–Crippen MR) is 84.9 cm³/mol. The first kappa shape index (κ1) is 17.4. The van der Waals surface area contributed by atoms with Gasteiger partial charge in [-0.2, -0.15) is 18.4 Å². The van der Waals surface area contributed by atoms with Crippen LogP contribution in [-0.2, 0) is 6.18 Å². The number of benzene rings is 2. The van der Waals surface area contributed by atoms with Gasteiger partial charge in [-0.15, -0.1) is 11.8 Å². The molecule has 0 saturated carbocycles. The number of hydrogen-bond donors (Lipinski definition) is 1. The second-order valence-electron chi connectivity index (χ2n) is 4.92. The van der Waals surface area contributed by atoms with Gasteiger partial charge in [-0.25, -0.2) is 0 Å². The summed E-state index contributed by atoms with van der Waals surface area (Å²) in [6, 6.07) is 14.6. The van der Waals surface area contributed by atoms with Crippen molar-refractivity contribution >= 4 is 11.8 Å². The number of halogens is 3. The molecule has 120 valence electrons. The molecule has 2 nitrogen and oxygen atoms in total. The summed E-state index contributed by atoms with van der Waals surface area (Å²) in [5.74, 6) is 0. The molecule has 0 aliphatic rings. The highest BCUT2D eigenvalue weighted by atomic mass is 32.2. The number of thioether (sulfide) groups is 1. The van der Waals surface area contributed by atoms with Gasteiger partial charge in [-0.05, 0) is 36.7 Å². The van der Waals surface area contributed by atoms with Crippen molar-refractivity contribution in [1.82, 2.24) is 0 Å². The Balaban J connectivity index is 2.37. The number of rotatable bonds is 5. The number of hydrogen-bond acceptors (Lipinski definition) is 3. The Morgan fingerprint density at radius 2 is 1.83 bits per heavy atom. The average Bonchev–Trinajstić information content (AvgIpc) is 2.54. The molecule has 0 amide bonds. The number of nitrogens with zero attached hydrogens (tertiary/aromatic N) is 1. The Bertz CT molecular complexity index is 693. The maximum absolute atomic E-state index is 12.9. The van der Waals surface area contributed by atoms with Gasteiger partial charge in [0.25, 0.3) is 0 Å². The summed E-state index contributed by atoms with van der Waals surface area (Å²) >= 11 is 1.25. The molecule has 0 aliphatic heterocycles. The zero-order valence-corrected chi connectivity index (χ0v) is 13.0. The van der Waals surface area contributed by atoms with Crippen molar-refractivity contribution in [2.45, 2.75) is 22.7 Å². The van der Waals surface area contributed by atoms with Crippen LogP contribution in [0.3, 0.4) is 0 Å². The van der Waals surface area contributed by atoms with Crippen LogP contribution in [0.2, 0.25) is 0 Å². The van der Waals surface area contributed by atoms with Crippen molar-refractivity contribution in [2.24, 2.45) is 5.73 Å². The van der Waals surface area contributed by atoms with Crippen LogP contribution in [0.1, 0.15) is 28.4 Å². The minimum absolute atomic E-state index is 0.100. The highest BCUT2D eigenvalue weighted by Gasteiger charge is 2.31. The van der Waals surface area contributed by atoms with E-state index in [4.69, 9.17) is 11.0 Å². The number of nitriles is 1. The summed E-state index contributed by atoms with van der Waals surface area (Å²) in [6.07, 6.45) is -3.82. The lowest BCUT2D eigenvalue weighted by Gasteiger charge is -2.18. The molecule has 0 saturated heterocycles. The molecule has 2 N–H and O–H groups in total. The molecule has 23 heavy (non-hydrogen) atoms. The van der Waals surface area contributed by atoms with E-state index in [2.05, 4.69) is 0 Å². The highest BCUT2D eigenvalue weighted by Crippen LogP contribution is 2.41. The van der Waals surface area contributed by atoms with Crippen LogP contribution in [0.15, 0.2) is 53.4 Å². The van der Waals surface area contributed by atoms with E-state index < -0.39 is 11.7 Å². The average molecular weight is 336 g/mol. The standard InChI is InChI=1S/C17H15F3N2S/c18-17(19,20)14-7-6-13(11-22)16(10-14)23-15(8-9-21)12-4-2-1-3-5-12/h1-7,10,15H,8-9,21H2/t15-/m1/s1. The molecule has 0 fully saturated rings. The highest BCUT2D eigenvalue weighted by molar-refractivity contribution is 7.99. The molecular weight excluding hydrogens is 321 g/mol. The van der Waals surface area contributed by atoms with Crippen molar-refractivity contribution < 1.29 is 13.2 Å². The first-order chi connectivity index (χ1) is 11.0. The van der Waals surface area contributed by atoms with Gasteiger partial charge in [-0.3, -0.25) is 0 Å². The normalized spacial score (nSPS) is 12.7. The Labute approximate surface area is 137 Å². The molecule has 0 radical (unpaired) electrons. The van der Waals surface area contributed by atoms with Crippen LogP contribution in [0.4, 0.5) is 13.2 Å². The predicted octanol–water partition coefficient (Wildman–Crippen LogP) is 4.76. The van der Waals surface area contributed by atoms with E-state index in [9.17, 15) is 13.2 Å². The van der Waals surface area contributed by atoms with Crippen LogP contribution < -0.4 is 5.73 Å². The summed E-state index contributed by atoms with van der Waals surface area (Å²) in [7, 11) is 0. The van der Waals surface area contributed by atoms with E-state index in [0.717, 1.165) is 17.7 Å². The fraction of sp³-hybridized carbons (Fsp3) is 0.235. The topological polar surface area (TPSA) is 49.8 Å². The van der Waals surface area contributed by atoms with Crippen molar-refractivity contribution in [2.75, 3.05) is 6.54 Å². The van der Waals surface area contributed by atoms with Crippen LogP contribution >= 0.6 is 11.8 Å². The second-order valence-corrected chi connectivity index (χ2v) is 6.16.